The summed E-state index contributed by atoms with van der Waals surface area (Å²) in [6.07, 6.45) is 0.0797. The van der Waals surface area contributed by atoms with Gasteiger partial charge >= 0.3 is 5.97 Å². The van der Waals surface area contributed by atoms with E-state index in [0.29, 0.717) is 17.3 Å². The number of esters is 1. The Kier molecular flexibility index (Phi) is 4.68. The van der Waals surface area contributed by atoms with E-state index in [0.717, 1.165) is 5.56 Å². The summed E-state index contributed by atoms with van der Waals surface area (Å²) < 4.78 is 4.74. The Morgan fingerprint density at radius 1 is 1.56 bits per heavy atom. The van der Waals surface area contributed by atoms with E-state index in [4.69, 9.17) is 22.1 Å². The van der Waals surface area contributed by atoms with Crippen LogP contribution in [0, 0.1) is 11.8 Å². The summed E-state index contributed by atoms with van der Waals surface area (Å²) in [5, 5.41) is 0.496. The summed E-state index contributed by atoms with van der Waals surface area (Å²) in [6, 6.07) is 5.09. The maximum atomic E-state index is 11.0. The molecule has 4 heteroatoms. The summed E-state index contributed by atoms with van der Waals surface area (Å²) in [5.41, 5.74) is 6.81. The molecular formula is C12H12ClNO2. The number of hydrogen-bond acceptors (Lipinski definition) is 3. The Morgan fingerprint density at radius 3 is 2.94 bits per heavy atom. The zero-order chi connectivity index (χ0) is 12.0. The highest BCUT2D eigenvalue weighted by Crippen LogP contribution is 2.18. The van der Waals surface area contributed by atoms with Crippen molar-refractivity contribution in [3.05, 3.63) is 28.8 Å². The number of nitrogen functional groups attached to an aromatic ring is 1. The average molecular weight is 238 g/mol. The van der Waals surface area contributed by atoms with Gasteiger partial charge in [-0.25, -0.2) is 0 Å². The van der Waals surface area contributed by atoms with E-state index in [-0.39, 0.29) is 12.4 Å². The zero-order valence-corrected chi connectivity index (χ0v) is 9.67. The number of carbonyl (C=O) groups is 1. The largest absolute Gasteiger partial charge is 0.465 e. The summed E-state index contributed by atoms with van der Waals surface area (Å²) in [6.45, 7) is 2.12. The van der Waals surface area contributed by atoms with Crippen molar-refractivity contribution in [2.45, 2.75) is 13.3 Å². The van der Waals surface area contributed by atoms with Crippen LogP contribution < -0.4 is 5.73 Å². The maximum Gasteiger partial charge on any atom is 0.317 e. The van der Waals surface area contributed by atoms with Gasteiger partial charge in [0.25, 0.3) is 0 Å². The van der Waals surface area contributed by atoms with Crippen LogP contribution in [0.5, 0.6) is 0 Å². The van der Waals surface area contributed by atoms with Crippen molar-refractivity contribution in [3.63, 3.8) is 0 Å². The van der Waals surface area contributed by atoms with E-state index in [1.165, 1.54) is 0 Å². The molecule has 1 aromatic rings. The highest BCUT2D eigenvalue weighted by Gasteiger charge is 1.97. The Hall–Kier alpha value is -1.66. The van der Waals surface area contributed by atoms with Gasteiger partial charge in [-0.1, -0.05) is 23.4 Å². The minimum atomic E-state index is -0.322. The number of nitrogens with two attached hydrogens (primary N) is 1. The predicted molar refractivity (Wildman–Crippen MR) is 64.0 cm³/mol. The quantitative estimate of drug-likeness (QED) is 0.488. The van der Waals surface area contributed by atoms with Gasteiger partial charge in [0.1, 0.15) is 6.42 Å². The summed E-state index contributed by atoms with van der Waals surface area (Å²) in [4.78, 5) is 11.0. The molecule has 2 N–H and O–H groups in total. The van der Waals surface area contributed by atoms with Crippen molar-refractivity contribution in [2.75, 3.05) is 12.3 Å². The van der Waals surface area contributed by atoms with Crippen molar-refractivity contribution >= 4 is 23.3 Å². The molecule has 0 heterocycles. The average Bonchev–Trinajstić information content (AvgIpc) is 2.24. The van der Waals surface area contributed by atoms with Gasteiger partial charge in [0.15, 0.2) is 0 Å². The van der Waals surface area contributed by atoms with Crippen LogP contribution >= 0.6 is 11.6 Å². The van der Waals surface area contributed by atoms with E-state index >= 15 is 0 Å². The molecule has 0 amide bonds. The number of anilines is 1. The molecule has 0 aliphatic heterocycles. The van der Waals surface area contributed by atoms with Crippen molar-refractivity contribution in [1.82, 2.24) is 0 Å². The number of carbonyl (C=O) groups excluding carboxylic acids is 1. The minimum absolute atomic E-state index is 0.0797. The number of ether oxygens (including phenoxy) is 1. The number of benzene rings is 1. The van der Waals surface area contributed by atoms with Gasteiger partial charge in [-0.3, -0.25) is 4.79 Å². The first-order valence-corrected chi connectivity index (χ1v) is 5.20. The Morgan fingerprint density at radius 2 is 2.31 bits per heavy atom. The van der Waals surface area contributed by atoms with Crippen LogP contribution in [0.4, 0.5) is 5.69 Å². The molecule has 0 unspecified atom stereocenters. The van der Waals surface area contributed by atoms with Crippen LogP contribution in [0.25, 0.3) is 0 Å². The van der Waals surface area contributed by atoms with Gasteiger partial charge in [-0.2, -0.15) is 0 Å². The molecule has 16 heavy (non-hydrogen) atoms. The third-order valence-corrected chi connectivity index (χ3v) is 2.11. The second kappa shape index (κ2) is 6.04. The molecular weight excluding hydrogens is 226 g/mol. The third-order valence-electron chi connectivity index (χ3n) is 1.77. The number of halogens is 1. The lowest BCUT2D eigenvalue weighted by molar-refractivity contribution is -0.141. The lowest BCUT2D eigenvalue weighted by Crippen LogP contribution is -2.01. The molecule has 0 aliphatic rings. The number of rotatable bonds is 2. The van der Waals surface area contributed by atoms with Crippen molar-refractivity contribution in [1.29, 1.82) is 0 Å². The topological polar surface area (TPSA) is 52.3 Å². The van der Waals surface area contributed by atoms with E-state index in [2.05, 4.69) is 11.8 Å². The first-order chi connectivity index (χ1) is 7.63. The second-order valence-electron chi connectivity index (χ2n) is 3.02. The smallest absolute Gasteiger partial charge is 0.317 e. The minimum Gasteiger partial charge on any atom is -0.465 e. The first-order valence-electron chi connectivity index (χ1n) is 4.83. The van der Waals surface area contributed by atoms with E-state index < -0.39 is 0 Å². The monoisotopic (exact) mass is 237 g/mol. The molecule has 3 nitrogen and oxygen atoms in total. The zero-order valence-electron chi connectivity index (χ0n) is 8.92. The maximum absolute atomic E-state index is 11.0. The van der Waals surface area contributed by atoms with Crippen LogP contribution in [-0.2, 0) is 9.53 Å². The second-order valence-corrected chi connectivity index (χ2v) is 3.43. The molecule has 0 saturated carbocycles. The standard InChI is InChI=1S/C12H12ClNO2/c1-2-16-12(15)5-3-4-9-6-7-10(13)11(14)8-9/h6-8H,2,5,14H2,1H3. The van der Waals surface area contributed by atoms with Gasteiger partial charge in [-0.15, -0.1) is 0 Å². The van der Waals surface area contributed by atoms with E-state index in [9.17, 15) is 4.79 Å². The Bertz CT molecular complexity index is 446. The molecule has 0 bridgehead atoms. The molecule has 84 valence electrons. The fourth-order valence-corrected chi connectivity index (χ4v) is 1.17. The van der Waals surface area contributed by atoms with Crippen LogP contribution in [-0.4, -0.2) is 12.6 Å². The predicted octanol–water partition coefficient (Wildman–Crippen LogP) is 2.23. The van der Waals surface area contributed by atoms with Crippen LogP contribution in [0.1, 0.15) is 18.9 Å². The van der Waals surface area contributed by atoms with Gasteiger partial charge in [0, 0.05) is 5.56 Å². The van der Waals surface area contributed by atoms with E-state index in [1.54, 1.807) is 25.1 Å². The van der Waals surface area contributed by atoms with Gasteiger partial charge in [-0.05, 0) is 25.1 Å². The normalized spacial score (nSPS) is 9.12. The lowest BCUT2D eigenvalue weighted by atomic mass is 10.2. The van der Waals surface area contributed by atoms with Crippen molar-refractivity contribution in [3.8, 4) is 11.8 Å². The Balaban J connectivity index is 2.63. The summed E-state index contributed by atoms with van der Waals surface area (Å²) in [7, 11) is 0. The fraction of sp³-hybridized carbons (Fsp3) is 0.250. The van der Waals surface area contributed by atoms with Crippen LogP contribution in [0.3, 0.4) is 0 Å². The van der Waals surface area contributed by atoms with E-state index in [1.807, 2.05) is 0 Å². The Labute approximate surface area is 99.5 Å². The molecule has 0 atom stereocenters. The molecule has 0 radical (unpaired) electrons. The van der Waals surface area contributed by atoms with Gasteiger partial charge < -0.3 is 10.5 Å². The van der Waals surface area contributed by atoms with Crippen molar-refractivity contribution < 1.29 is 9.53 Å². The summed E-state index contributed by atoms with van der Waals surface area (Å²) in [5.74, 6) is 5.20. The van der Waals surface area contributed by atoms with Gasteiger partial charge in [0.05, 0.1) is 17.3 Å². The molecule has 0 fully saturated rings. The van der Waals surface area contributed by atoms with Crippen LogP contribution in [0.15, 0.2) is 18.2 Å². The third kappa shape index (κ3) is 3.84. The molecule has 1 aromatic carbocycles. The molecule has 0 aliphatic carbocycles. The van der Waals surface area contributed by atoms with Gasteiger partial charge in [0.2, 0.25) is 0 Å². The highest BCUT2D eigenvalue weighted by molar-refractivity contribution is 6.33. The van der Waals surface area contributed by atoms with Crippen LogP contribution in [0.2, 0.25) is 5.02 Å². The fourth-order valence-electron chi connectivity index (χ4n) is 1.05. The lowest BCUT2D eigenvalue weighted by Gasteiger charge is -1.97. The molecule has 0 saturated heterocycles. The number of hydrogen-bond donors (Lipinski definition) is 1. The summed E-state index contributed by atoms with van der Waals surface area (Å²) >= 11 is 5.76. The first kappa shape index (κ1) is 12.4. The SMILES string of the molecule is CCOC(=O)CC#Cc1ccc(Cl)c(N)c1. The molecule has 0 aromatic heterocycles. The highest BCUT2D eigenvalue weighted by atomic mass is 35.5. The molecule has 0 spiro atoms. The molecule has 1 rings (SSSR count). The van der Waals surface area contributed by atoms with Crippen molar-refractivity contribution in [2.24, 2.45) is 0 Å².